The molecular weight excluding hydrogens is 332 g/mol. The van der Waals surface area contributed by atoms with Crippen LogP contribution in [0.4, 0.5) is 0 Å². The molecule has 1 aliphatic heterocycles. The van der Waals surface area contributed by atoms with E-state index < -0.39 is 5.97 Å². The zero-order chi connectivity index (χ0) is 18.7. The number of hydrogen-bond acceptors (Lipinski definition) is 5. The minimum absolute atomic E-state index is 0.148. The molecule has 0 fully saturated rings. The Morgan fingerprint density at radius 3 is 2.77 bits per heavy atom. The summed E-state index contributed by atoms with van der Waals surface area (Å²) in [6, 6.07) is 8.00. The molecular formula is C20H24N2O4. The fourth-order valence-corrected chi connectivity index (χ4v) is 3.46. The first-order valence-corrected chi connectivity index (χ1v) is 8.79. The number of fused-ring (bicyclic) bond motifs is 3. The number of H-pyrrole nitrogens is 1. The molecule has 1 aliphatic rings. The summed E-state index contributed by atoms with van der Waals surface area (Å²) in [6.45, 7) is 4.60. The van der Waals surface area contributed by atoms with E-state index in [1.54, 1.807) is 0 Å². The van der Waals surface area contributed by atoms with Crippen molar-refractivity contribution in [1.29, 1.82) is 0 Å². The fourth-order valence-electron chi connectivity index (χ4n) is 3.46. The number of para-hydroxylation sites is 1. The third kappa shape index (κ3) is 3.65. The second kappa shape index (κ2) is 7.74. The predicted octanol–water partition coefficient (Wildman–Crippen LogP) is 2.44. The lowest BCUT2D eigenvalue weighted by molar-refractivity contribution is -0.147. The minimum Gasteiger partial charge on any atom is -0.465 e. The summed E-state index contributed by atoms with van der Waals surface area (Å²) in [7, 11) is 1.38. The number of hydrogen-bond donors (Lipinski definition) is 2. The van der Waals surface area contributed by atoms with Crippen LogP contribution in [0.2, 0.25) is 0 Å². The number of nitrogens with one attached hydrogen (secondary N) is 2. The Kier molecular flexibility index (Phi) is 5.42. The fraction of sp³-hybridized carbons (Fsp3) is 0.400. The van der Waals surface area contributed by atoms with E-state index in [1.807, 2.05) is 31.2 Å². The average molecular weight is 356 g/mol. The molecule has 0 spiro atoms. The van der Waals surface area contributed by atoms with E-state index in [4.69, 9.17) is 9.47 Å². The smallest absolute Gasteiger partial charge is 0.339 e. The lowest BCUT2D eigenvalue weighted by atomic mass is 9.97. The first-order valence-electron chi connectivity index (χ1n) is 8.79. The topological polar surface area (TPSA) is 80.4 Å². The SMILES string of the molecule is COC(=O)/C1=C/[C@H]([C@H](C)OC(C)=O)CNCCc2c1[nH]c1ccccc21. The summed E-state index contributed by atoms with van der Waals surface area (Å²) in [4.78, 5) is 27.3. The molecule has 2 atom stereocenters. The van der Waals surface area contributed by atoms with Gasteiger partial charge in [-0.1, -0.05) is 24.3 Å². The van der Waals surface area contributed by atoms with Crippen molar-refractivity contribution in [3.8, 4) is 0 Å². The van der Waals surface area contributed by atoms with Crippen LogP contribution in [0.5, 0.6) is 0 Å². The van der Waals surface area contributed by atoms with Gasteiger partial charge in [-0.25, -0.2) is 4.79 Å². The van der Waals surface area contributed by atoms with Gasteiger partial charge in [0, 0.05) is 30.3 Å². The van der Waals surface area contributed by atoms with Crippen molar-refractivity contribution < 1.29 is 19.1 Å². The van der Waals surface area contributed by atoms with Gasteiger partial charge in [0.15, 0.2) is 0 Å². The molecule has 1 aromatic carbocycles. The van der Waals surface area contributed by atoms with E-state index in [1.165, 1.54) is 14.0 Å². The van der Waals surface area contributed by atoms with Gasteiger partial charge < -0.3 is 19.8 Å². The van der Waals surface area contributed by atoms with E-state index >= 15 is 0 Å². The van der Waals surface area contributed by atoms with Crippen molar-refractivity contribution in [2.45, 2.75) is 26.4 Å². The first kappa shape index (κ1) is 18.2. The Bertz CT molecular complexity index is 853. The third-order valence-electron chi connectivity index (χ3n) is 4.76. The lowest BCUT2D eigenvalue weighted by Crippen LogP contribution is -2.32. The Morgan fingerprint density at radius 1 is 1.27 bits per heavy atom. The van der Waals surface area contributed by atoms with Gasteiger partial charge in [-0.15, -0.1) is 0 Å². The molecule has 6 nitrogen and oxygen atoms in total. The van der Waals surface area contributed by atoms with Crippen molar-refractivity contribution in [2.24, 2.45) is 5.92 Å². The molecule has 0 aliphatic carbocycles. The molecule has 2 heterocycles. The highest BCUT2D eigenvalue weighted by atomic mass is 16.5. The van der Waals surface area contributed by atoms with Gasteiger partial charge in [-0.3, -0.25) is 4.79 Å². The van der Waals surface area contributed by atoms with Crippen LogP contribution in [-0.2, 0) is 25.5 Å². The summed E-state index contributed by atoms with van der Waals surface area (Å²) in [6.07, 6.45) is 2.28. The molecule has 0 bridgehead atoms. The van der Waals surface area contributed by atoms with Crippen molar-refractivity contribution in [3.05, 3.63) is 41.6 Å². The van der Waals surface area contributed by atoms with E-state index in [2.05, 4.69) is 16.4 Å². The highest BCUT2D eigenvalue weighted by Crippen LogP contribution is 2.30. The van der Waals surface area contributed by atoms with Gasteiger partial charge in [-0.2, -0.15) is 0 Å². The number of rotatable bonds is 3. The normalized spacial score (nSPS) is 20.7. The summed E-state index contributed by atoms with van der Waals surface area (Å²) in [5.41, 5.74) is 3.33. The van der Waals surface area contributed by atoms with Crippen LogP contribution >= 0.6 is 0 Å². The van der Waals surface area contributed by atoms with E-state index in [-0.39, 0.29) is 18.0 Å². The Hall–Kier alpha value is -2.60. The summed E-state index contributed by atoms with van der Waals surface area (Å²) >= 11 is 0. The monoisotopic (exact) mass is 356 g/mol. The molecule has 6 heteroatoms. The van der Waals surface area contributed by atoms with Crippen LogP contribution < -0.4 is 5.32 Å². The van der Waals surface area contributed by atoms with Crippen LogP contribution in [0, 0.1) is 5.92 Å². The van der Waals surface area contributed by atoms with Crippen LogP contribution in [0.25, 0.3) is 16.5 Å². The second-order valence-electron chi connectivity index (χ2n) is 6.53. The Morgan fingerprint density at radius 2 is 2.04 bits per heavy atom. The molecule has 1 aromatic heterocycles. The van der Waals surface area contributed by atoms with Crippen LogP contribution in [0.1, 0.15) is 25.1 Å². The maximum atomic E-state index is 12.5. The zero-order valence-electron chi connectivity index (χ0n) is 15.3. The molecule has 0 saturated heterocycles. The van der Waals surface area contributed by atoms with Gasteiger partial charge in [0.25, 0.3) is 0 Å². The number of benzene rings is 1. The molecule has 2 N–H and O–H groups in total. The van der Waals surface area contributed by atoms with Crippen molar-refractivity contribution in [2.75, 3.05) is 20.2 Å². The molecule has 3 rings (SSSR count). The highest BCUT2D eigenvalue weighted by molar-refractivity contribution is 6.17. The van der Waals surface area contributed by atoms with E-state index in [9.17, 15) is 9.59 Å². The Balaban J connectivity index is 2.12. The van der Waals surface area contributed by atoms with Crippen molar-refractivity contribution >= 4 is 28.4 Å². The standard InChI is InChI=1S/C20H24N2O4/c1-12(26-13(2)23)14-10-17(20(24)25-3)19-16(8-9-21-11-14)15-6-4-5-7-18(15)22-19/h4-7,10,12,14,21-22H,8-9,11H2,1-3H3/b17-10+/t12-,14-/m0/s1. The first-order chi connectivity index (χ1) is 12.5. The molecule has 26 heavy (non-hydrogen) atoms. The van der Waals surface area contributed by atoms with Gasteiger partial charge >= 0.3 is 11.9 Å². The average Bonchev–Trinajstić information content (AvgIpc) is 3.00. The number of esters is 2. The van der Waals surface area contributed by atoms with Crippen LogP contribution in [-0.4, -0.2) is 43.2 Å². The molecule has 2 aromatic rings. The summed E-state index contributed by atoms with van der Waals surface area (Å²) < 4.78 is 10.4. The molecule has 0 saturated carbocycles. The predicted molar refractivity (Wildman–Crippen MR) is 99.6 cm³/mol. The number of methoxy groups -OCH3 is 1. The molecule has 138 valence electrons. The minimum atomic E-state index is -0.403. The maximum absolute atomic E-state index is 12.5. The Labute approximate surface area is 152 Å². The number of aromatic nitrogens is 1. The van der Waals surface area contributed by atoms with Gasteiger partial charge in [-0.05, 0) is 31.5 Å². The van der Waals surface area contributed by atoms with Crippen LogP contribution in [0.3, 0.4) is 0 Å². The number of carbonyl (C=O) groups excluding carboxylic acids is 2. The summed E-state index contributed by atoms with van der Waals surface area (Å²) in [5.74, 6) is -0.887. The maximum Gasteiger partial charge on any atom is 0.339 e. The highest BCUT2D eigenvalue weighted by Gasteiger charge is 2.26. The van der Waals surface area contributed by atoms with Crippen molar-refractivity contribution in [1.82, 2.24) is 10.3 Å². The molecule has 0 amide bonds. The van der Waals surface area contributed by atoms with E-state index in [0.29, 0.717) is 12.1 Å². The lowest BCUT2D eigenvalue weighted by Gasteiger charge is -2.21. The third-order valence-corrected chi connectivity index (χ3v) is 4.76. The number of aromatic amines is 1. The quantitative estimate of drug-likeness (QED) is 0.826. The zero-order valence-corrected chi connectivity index (χ0v) is 15.3. The number of carbonyl (C=O) groups is 2. The van der Waals surface area contributed by atoms with E-state index in [0.717, 1.165) is 35.1 Å². The molecule has 0 unspecified atom stereocenters. The van der Waals surface area contributed by atoms with Gasteiger partial charge in [0.05, 0.1) is 18.4 Å². The largest absolute Gasteiger partial charge is 0.465 e. The van der Waals surface area contributed by atoms with Crippen molar-refractivity contribution in [3.63, 3.8) is 0 Å². The van der Waals surface area contributed by atoms with Gasteiger partial charge in [0.2, 0.25) is 0 Å². The van der Waals surface area contributed by atoms with Gasteiger partial charge in [0.1, 0.15) is 6.10 Å². The van der Waals surface area contributed by atoms with Crippen LogP contribution in [0.15, 0.2) is 30.3 Å². The molecule has 0 radical (unpaired) electrons. The number of ether oxygens (including phenoxy) is 2. The second-order valence-corrected chi connectivity index (χ2v) is 6.53. The summed E-state index contributed by atoms with van der Waals surface area (Å²) in [5, 5.41) is 4.50.